The van der Waals surface area contributed by atoms with Crippen LogP contribution in [0.4, 0.5) is 0 Å². The van der Waals surface area contributed by atoms with Crippen LogP contribution >= 0.6 is 0 Å². The van der Waals surface area contributed by atoms with E-state index in [0.29, 0.717) is 16.6 Å². The average Bonchev–Trinajstić information content (AvgIpc) is 3.16. The average molecular weight is 403 g/mol. The Labute approximate surface area is 163 Å². The highest BCUT2D eigenvalue weighted by molar-refractivity contribution is 7.97. The second-order valence-electron chi connectivity index (χ2n) is 6.54. The molecule has 0 aromatic heterocycles. The maximum Gasteiger partial charge on any atom is 0.162 e. The van der Waals surface area contributed by atoms with Gasteiger partial charge in [0.05, 0.1) is 4.90 Å². The Kier molecular flexibility index (Phi) is 6.09. The minimum atomic E-state index is -4.27. The summed E-state index contributed by atoms with van der Waals surface area (Å²) in [6.45, 7) is 1.82. The van der Waals surface area contributed by atoms with Gasteiger partial charge in [0.15, 0.2) is 4.90 Å². The number of benzene rings is 3. The molecule has 3 aromatic carbocycles. The Hall–Kier alpha value is -2.02. The zero-order valence-electron chi connectivity index (χ0n) is 15.1. The van der Waals surface area contributed by atoms with Crippen LogP contribution in [-0.4, -0.2) is 29.6 Å². The van der Waals surface area contributed by atoms with Gasteiger partial charge in [0, 0.05) is 16.3 Å². The van der Waals surface area contributed by atoms with Gasteiger partial charge in [-0.25, -0.2) is 8.42 Å². The van der Waals surface area contributed by atoms with Crippen molar-refractivity contribution in [1.82, 2.24) is 0 Å². The maximum atomic E-state index is 10.4. The van der Waals surface area contributed by atoms with Crippen molar-refractivity contribution >= 4 is 31.8 Å². The number of phenols is 1. The lowest BCUT2D eigenvalue weighted by molar-refractivity contribution is 0.463. The smallest absolute Gasteiger partial charge is 0.162 e. The van der Waals surface area contributed by atoms with Gasteiger partial charge in [-0.15, -0.1) is 0 Å². The molecule has 1 N–H and O–H groups in total. The number of rotatable bonds is 2. The quantitative estimate of drug-likeness (QED) is 0.514. The van der Waals surface area contributed by atoms with Crippen LogP contribution in [0.5, 0.6) is 5.75 Å². The third kappa shape index (κ3) is 5.03. The number of fused-ring (bicyclic) bond motifs is 1. The molecule has 0 spiro atoms. The molecule has 0 saturated carbocycles. The van der Waals surface area contributed by atoms with Crippen LogP contribution < -0.4 is 0 Å². The Bertz CT molecular complexity index is 1020. The van der Waals surface area contributed by atoms with Crippen LogP contribution in [0.25, 0.3) is 10.8 Å². The molecule has 4 nitrogen and oxygen atoms in total. The SMILES string of the molecule is Cc1ccc(S(=O)(=O)[O-])cc1.Oc1ccc2cccc([S+]3CCCC3)c2c1. The molecule has 0 amide bonds. The van der Waals surface area contributed by atoms with Gasteiger partial charge in [0.25, 0.3) is 0 Å². The van der Waals surface area contributed by atoms with Gasteiger partial charge in [0.2, 0.25) is 0 Å². The molecular weight excluding hydrogens is 380 g/mol. The maximum absolute atomic E-state index is 10.4. The second-order valence-corrected chi connectivity index (χ2v) is 10.2. The molecule has 0 bridgehead atoms. The fourth-order valence-electron chi connectivity index (χ4n) is 3.06. The van der Waals surface area contributed by atoms with E-state index in [1.807, 2.05) is 19.1 Å². The fourth-order valence-corrected chi connectivity index (χ4v) is 6.04. The van der Waals surface area contributed by atoms with Gasteiger partial charge in [0.1, 0.15) is 27.4 Å². The summed E-state index contributed by atoms with van der Waals surface area (Å²) in [5, 5.41) is 12.1. The molecule has 3 aromatic rings. The minimum absolute atomic E-state index is 0.178. The first-order valence-corrected chi connectivity index (χ1v) is 11.7. The molecule has 6 heteroatoms. The number of phenolic OH excluding ortho intramolecular Hbond substituents is 1. The predicted molar refractivity (Wildman–Crippen MR) is 109 cm³/mol. The second kappa shape index (κ2) is 8.33. The molecule has 1 aliphatic heterocycles. The van der Waals surface area contributed by atoms with Crippen LogP contribution in [-0.2, 0) is 21.0 Å². The van der Waals surface area contributed by atoms with Crippen molar-refractivity contribution in [2.75, 3.05) is 11.5 Å². The molecule has 1 aliphatic rings. The van der Waals surface area contributed by atoms with Crippen molar-refractivity contribution in [1.29, 1.82) is 0 Å². The topological polar surface area (TPSA) is 77.4 Å². The molecule has 0 aliphatic carbocycles. The van der Waals surface area contributed by atoms with Crippen molar-refractivity contribution in [3.63, 3.8) is 0 Å². The summed E-state index contributed by atoms with van der Waals surface area (Å²) in [5.41, 5.74) is 0.928. The Morgan fingerprint density at radius 1 is 0.963 bits per heavy atom. The summed E-state index contributed by atoms with van der Waals surface area (Å²) < 4.78 is 31.2. The Morgan fingerprint density at radius 3 is 2.26 bits per heavy atom. The molecule has 1 saturated heterocycles. The van der Waals surface area contributed by atoms with Crippen molar-refractivity contribution < 1.29 is 18.1 Å². The summed E-state index contributed by atoms with van der Waals surface area (Å²) >= 11 is 0. The third-order valence-electron chi connectivity index (χ3n) is 4.48. The largest absolute Gasteiger partial charge is 0.744 e. The van der Waals surface area contributed by atoms with E-state index in [1.54, 1.807) is 18.2 Å². The molecule has 0 radical (unpaired) electrons. The minimum Gasteiger partial charge on any atom is -0.744 e. The van der Waals surface area contributed by atoms with E-state index in [-0.39, 0.29) is 4.90 Å². The molecule has 4 rings (SSSR count). The van der Waals surface area contributed by atoms with Gasteiger partial charge in [-0.05, 0) is 55.5 Å². The summed E-state index contributed by atoms with van der Waals surface area (Å²) in [7, 11) is -3.85. The van der Waals surface area contributed by atoms with Crippen molar-refractivity contribution in [2.24, 2.45) is 0 Å². The lowest BCUT2D eigenvalue weighted by Crippen LogP contribution is -2.04. The third-order valence-corrected chi connectivity index (χ3v) is 7.87. The molecule has 1 heterocycles. The summed E-state index contributed by atoms with van der Waals surface area (Å²) in [5.74, 6) is 3.03. The first-order valence-electron chi connectivity index (χ1n) is 8.76. The molecule has 0 atom stereocenters. The Morgan fingerprint density at radius 2 is 1.63 bits per heavy atom. The first kappa shape index (κ1) is 19.7. The van der Waals surface area contributed by atoms with E-state index < -0.39 is 10.1 Å². The molecule has 1 fully saturated rings. The van der Waals surface area contributed by atoms with Gasteiger partial charge in [-0.3, -0.25) is 0 Å². The van der Waals surface area contributed by atoms with Gasteiger partial charge >= 0.3 is 0 Å². The van der Waals surface area contributed by atoms with Crippen LogP contribution in [0.15, 0.2) is 70.5 Å². The standard InChI is InChI=1S/C14H14OS.C7H8O3S/c15-12-7-6-11-4-3-5-14(13(11)10-12)16-8-1-2-9-16;1-6-2-4-7(5-3-6)11(8,9)10/h3-7,10H,1-2,8-9H2;2-5H,1H3,(H,8,9,10). The monoisotopic (exact) mass is 402 g/mol. The van der Waals surface area contributed by atoms with E-state index in [0.717, 1.165) is 5.56 Å². The van der Waals surface area contributed by atoms with Crippen LogP contribution in [0.3, 0.4) is 0 Å². The van der Waals surface area contributed by atoms with E-state index in [2.05, 4.69) is 18.2 Å². The van der Waals surface area contributed by atoms with Crippen LogP contribution in [0.2, 0.25) is 0 Å². The Balaban J connectivity index is 0.000000168. The normalized spacial score (nSPS) is 14.7. The van der Waals surface area contributed by atoms with E-state index in [9.17, 15) is 18.1 Å². The van der Waals surface area contributed by atoms with Gasteiger partial charge < -0.3 is 9.66 Å². The molecule has 142 valence electrons. The van der Waals surface area contributed by atoms with Crippen LogP contribution in [0, 0.1) is 6.92 Å². The molecule has 0 unspecified atom stereocenters. The zero-order chi connectivity index (χ0) is 19.4. The van der Waals surface area contributed by atoms with Gasteiger partial charge in [-0.1, -0.05) is 35.9 Å². The fraction of sp³-hybridized carbons (Fsp3) is 0.238. The summed E-state index contributed by atoms with van der Waals surface area (Å²) in [4.78, 5) is 1.27. The summed E-state index contributed by atoms with van der Waals surface area (Å²) in [6.07, 6.45) is 2.72. The highest BCUT2D eigenvalue weighted by atomic mass is 32.2. The predicted octanol–water partition coefficient (Wildman–Crippen LogP) is 4.22. The van der Waals surface area contributed by atoms with E-state index in [1.165, 1.54) is 52.1 Å². The highest BCUT2D eigenvalue weighted by Gasteiger charge is 2.28. The number of hydrogen-bond acceptors (Lipinski definition) is 4. The highest BCUT2D eigenvalue weighted by Crippen LogP contribution is 2.31. The van der Waals surface area contributed by atoms with Crippen LogP contribution in [0.1, 0.15) is 18.4 Å². The van der Waals surface area contributed by atoms with E-state index in [4.69, 9.17) is 0 Å². The number of aromatic hydroxyl groups is 1. The van der Waals surface area contributed by atoms with Gasteiger partial charge in [-0.2, -0.15) is 0 Å². The van der Waals surface area contributed by atoms with Crippen molar-refractivity contribution in [3.05, 3.63) is 66.2 Å². The lowest BCUT2D eigenvalue weighted by Gasteiger charge is -2.05. The molecule has 27 heavy (non-hydrogen) atoms. The van der Waals surface area contributed by atoms with E-state index >= 15 is 0 Å². The summed E-state index contributed by atoms with van der Waals surface area (Å²) in [6, 6.07) is 18.0. The lowest BCUT2D eigenvalue weighted by atomic mass is 10.1. The zero-order valence-corrected chi connectivity index (χ0v) is 16.7. The van der Waals surface area contributed by atoms with Crippen molar-refractivity contribution in [2.45, 2.75) is 29.6 Å². The number of aryl methyl sites for hydroxylation is 1. The molecular formula is C21H22O4S2. The number of hydrogen-bond donors (Lipinski definition) is 1. The first-order chi connectivity index (χ1) is 12.8. The van der Waals surface area contributed by atoms with Crippen molar-refractivity contribution in [3.8, 4) is 5.75 Å².